The number of hydrogen-bond donors (Lipinski definition) is 1. The normalized spacial score (nSPS) is 41.1. The second-order valence-corrected chi connectivity index (χ2v) is 4.48. The minimum atomic E-state index is 0.422. The van der Waals surface area contributed by atoms with E-state index in [9.17, 15) is 0 Å². The fourth-order valence-electron chi connectivity index (χ4n) is 1.09. The molecule has 0 spiro atoms. The largest absolute Gasteiger partial charge is 0.387 e. The number of alkyl halides is 1. The topological polar surface area (TPSA) is 38.4 Å². The lowest BCUT2D eigenvalue weighted by atomic mass is 9.95. The van der Waals surface area contributed by atoms with Crippen LogP contribution in [0.2, 0.25) is 0 Å². The fraction of sp³-hybridized carbons (Fsp3) is 0.857. The molecule has 58 valence electrons. The van der Waals surface area contributed by atoms with Crippen LogP contribution in [0.1, 0.15) is 20.3 Å². The molecule has 0 aromatic heterocycles. The molecule has 0 saturated heterocycles. The van der Waals surface area contributed by atoms with Crippen LogP contribution in [0.4, 0.5) is 0 Å². The van der Waals surface area contributed by atoms with Crippen molar-refractivity contribution in [2.24, 2.45) is 16.6 Å². The van der Waals surface area contributed by atoms with Crippen molar-refractivity contribution in [3.05, 3.63) is 0 Å². The SMILES string of the molecule is CC1N=C(N)[C@@H](I)C[C@H]1C. The molecule has 1 aliphatic rings. The maximum Gasteiger partial charge on any atom is 0.107 e. The van der Waals surface area contributed by atoms with Crippen LogP contribution >= 0.6 is 22.6 Å². The molecular formula is C7H13IN2. The summed E-state index contributed by atoms with van der Waals surface area (Å²) in [6, 6.07) is 0.422. The van der Waals surface area contributed by atoms with E-state index in [-0.39, 0.29) is 0 Å². The maximum absolute atomic E-state index is 5.67. The Balaban J connectivity index is 2.69. The Morgan fingerprint density at radius 3 is 2.70 bits per heavy atom. The zero-order valence-corrected chi connectivity index (χ0v) is 8.50. The molecule has 1 aliphatic heterocycles. The van der Waals surface area contributed by atoms with Crippen molar-refractivity contribution in [2.45, 2.75) is 30.2 Å². The summed E-state index contributed by atoms with van der Waals surface area (Å²) in [6.45, 7) is 4.35. The van der Waals surface area contributed by atoms with E-state index in [0.29, 0.717) is 15.9 Å². The van der Waals surface area contributed by atoms with E-state index in [1.54, 1.807) is 0 Å². The second-order valence-electron chi connectivity index (χ2n) is 2.98. The van der Waals surface area contributed by atoms with E-state index in [1.807, 2.05) is 0 Å². The number of rotatable bonds is 0. The third-order valence-electron chi connectivity index (χ3n) is 2.08. The predicted molar refractivity (Wildman–Crippen MR) is 52.7 cm³/mol. The molecule has 0 radical (unpaired) electrons. The molecular weight excluding hydrogens is 239 g/mol. The van der Waals surface area contributed by atoms with Crippen molar-refractivity contribution in [1.82, 2.24) is 0 Å². The molecule has 0 fully saturated rings. The van der Waals surface area contributed by atoms with Crippen molar-refractivity contribution >= 4 is 28.4 Å². The van der Waals surface area contributed by atoms with Gasteiger partial charge in [0.25, 0.3) is 0 Å². The zero-order valence-electron chi connectivity index (χ0n) is 6.34. The molecule has 0 saturated carbocycles. The lowest BCUT2D eigenvalue weighted by molar-refractivity contribution is 0.449. The Hall–Kier alpha value is 0.200. The Labute approximate surface area is 75.4 Å². The summed E-state index contributed by atoms with van der Waals surface area (Å²) in [7, 11) is 0. The van der Waals surface area contributed by atoms with Crippen molar-refractivity contribution in [3.8, 4) is 0 Å². The van der Waals surface area contributed by atoms with Gasteiger partial charge in [0.15, 0.2) is 0 Å². The first-order chi connectivity index (χ1) is 4.61. The Kier molecular flexibility index (Phi) is 2.55. The van der Waals surface area contributed by atoms with Gasteiger partial charge < -0.3 is 5.73 Å². The van der Waals surface area contributed by atoms with Gasteiger partial charge in [-0.1, -0.05) is 29.5 Å². The molecule has 0 aromatic carbocycles. The highest BCUT2D eigenvalue weighted by atomic mass is 127. The highest BCUT2D eigenvalue weighted by Gasteiger charge is 2.23. The van der Waals surface area contributed by atoms with Gasteiger partial charge in [-0.15, -0.1) is 0 Å². The molecule has 3 heteroatoms. The molecule has 0 aromatic rings. The molecule has 10 heavy (non-hydrogen) atoms. The van der Waals surface area contributed by atoms with Gasteiger partial charge in [-0.25, -0.2) is 0 Å². The van der Waals surface area contributed by atoms with Crippen molar-refractivity contribution in [2.75, 3.05) is 0 Å². The highest BCUT2D eigenvalue weighted by Crippen LogP contribution is 2.23. The van der Waals surface area contributed by atoms with Crippen LogP contribution < -0.4 is 5.73 Å². The molecule has 3 atom stereocenters. The summed E-state index contributed by atoms with van der Waals surface area (Å²) in [6.07, 6.45) is 1.18. The van der Waals surface area contributed by atoms with Crippen LogP contribution in [0.25, 0.3) is 0 Å². The first-order valence-corrected chi connectivity index (χ1v) is 4.83. The van der Waals surface area contributed by atoms with E-state index >= 15 is 0 Å². The van der Waals surface area contributed by atoms with Gasteiger partial charge in [-0.2, -0.15) is 0 Å². The first-order valence-electron chi connectivity index (χ1n) is 3.58. The number of nitrogens with zero attached hydrogens (tertiary/aromatic N) is 1. The molecule has 1 heterocycles. The number of hydrogen-bond acceptors (Lipinski definition) is 2. The number of amidine groups is 1. The predicted octanol–water partition coefficient (Wildman–Crippen LogP) is 1.58. The monoisotopic (exact) mass is 252 g/mol. The molecule has 1 unspecified atom stereocenters. The minimum absolute atomic E-state index is 0.422. The molecule has 0 bridgehead atoms. The van der Waals surface area contributed by atoms with Gasteiger partial charge in [0, 0.05) is 0 Å². The van der Waals surface area contributed by atoms with Crippen LogP contribution in [0, 0.1) is 5.92 Å². The van der Waals surface area contributed by atoms with Crippen molar-refractivity contribution < 1.29 is 0 Å². The summed E-state index contributed by atoms with van der Waals surface area (Å²) in [4.78, 5) is 4.33. The number of nitrogens with two attached hydrogens (primary N) is 1. The molecule has 2 N–H and O–H groups in total. The lowest BCUT2D eigenvalue weighted by Gasteiger charge is -2.25. The minimum Gasteiger partial charge on any atom is -0.387 e. The fourth-order valence-corrected chi connectivity index (χ4v) is 2.05. The summed E-state index contributed by atoms with van der Waals surface area (Å²) >= 11 is 2.35. The second kappa shape index (κ2) is 3.07. The summed E-state index contributed by atoms with van der Waals surface area (Å²) < 4.78 is 0.462. The molecule has 2 nitrogen and oxygen atoms in total. The first kappa shape index (κ1) is 8.30. The average molecular weight is 252 g/mol. The van der Waals surface area contributed by atoms with Gasteiger partial charge >= 0.3 is 0 Å². The van der Waals surface area contributed by atoms with E-state index in [4.69, 9.17) is 5.73 Å². The van der Waals surface area contributed by atoms with E-state index in [0.717, 1.165) is 5.84 Å². The number of halogens is 1. The summed E-state index contributed by atoms with van der Waals surface area (Å²) in [5, 5.41) is 0. The van der Waals surface area contributed by atoms with Gasteiger partial charge in [-0.05, 0) is 19.3 Å². The van der Waals surface area contributed by atoms with E-state index in [2.05, 4.69) is 41.4 Å². The van der Waals surface area contributed by atoms with Crippen molar-refractivity contribution in [3.63, 3.8) is 0 Å². The zero-order chi connectivity index (χ0) is 7.72. The van der Waals surface area contributed by atoms with Crippen LogP contribution in [-0.4, -0.2) is 15.8 Å². The molecule has 0 aliphatic carbocycles. The van der Waals surface area contributed by atoms with Crippen molar-refractivity contribution in [1.29, 1.82) is 0 Å². The van der Waals surface area contributed by atoms with Gasteiger partial charge in [0.2, 0.25) is 0 Å². The van der Waals surface area contributed by atoms with Crippen LogP contribution in [-0.2, 0) is 0 Å². The van der Waals surface area contributed by atoms with Crippen LogP contribution in [0.15, 0.2) is 4.99 Å². The van der Waals surface area contributed by atoms with Crippen LogP contribution in [0.3, 0.4) is 0 Å². The summed E-state index contributed by atoms with van der Waals surface area (Å²) in [5.41, 5.74) is 5.67. The Bertz CT molecular complexity index is 156. The van der Waals surface area contributed by atoms with Gasteiger partial charge in [-0.3, -0.25) is 4.99 Å². The quantitative estimate of drug-likeness (QED) is 0.516. The Morgan fingerprint density at radius 1 is 1.60 bits per heavy atom. The highest BCUT2D eigenvalue weighted by molar-refractivity contribution is 14.1. The summed E-state index contributed by atoms with van der Waals surface area (Å²) in [5.74, 6) is 1.51. The third-order valence-corrected chi connectivity index (χ3v) is 3.22. The smallest absolute Gasteiger partial charge is 0.107 e. The maximum atomic E-state index is 5.67. The van der Waals surface area contributed by atoms with E-state index in [1.165, 1.54) is 6.42 Å². The standard InChI is InChI=1S/C7H13IN2/c1-4-3-6(8)7(9)10-5(4)2/h4-6H,3H2,1-2H3,(H2,9,10)/t4-,5?,6+/m1/s1. The molecule has 0 amide bonds. The third kappa shape index (κ3) is 1.62. The average Bonchev–Trinajstić information content (AvgIpc) is 1.84. The van der Waals surface area contributed by atoms with Gasteiger partial charge in [0.05, 0.1) is 9.97 Å². The van der Waals surface area contributed by atoms with E-state index < -0.39 is 0 Å². The Morgan fingerprint density at radius 2 is 2.20 bits per heavy atom. The van der Waals surface area contributed by atoms with Crippen LogP contribution in [0.5, 0.6) is 0 Å². The molecule has 1 rings (SSSR count). The van der Waals surface area contributed by atoms with Gasteiger partial charge in [0.1, 0.15) is 5.84 Å². The lowest BCUT2D eigenvalue weighted by Crippen LogP contribution is -2.34. The number of aliphatic imine (C=N–C) groups is 1.